The normalized spacial score (nSPS) is 33.8. The molecule has 20 heavy (non-hydrogen) atoms. The Morgan fingerprint density at radius 3 is 2.45 bits per heavy atom. The van der Waals surface area contributed by atoms with Crippen molar-refractivity contribution in [1.82, 2.24) is 4.90 Å². The number of hydrogen-bond donors (Lipinski definition) is 1. The van der Waals surface area contributed by atoms with Crippen molar-refractivity contribution in [1.29, 1.82) is 0 Å². The standard InChI is InChI=1S/C16H27NO3/c1-11-7-6-10-17(13(11)15(19)20)14(18)12-8-4-5-9-16(12,2)3/h11-13H,4-10H2,1-3H3,(H,19,20). The summed E-state index contributed by atoms with van der Waals surface area (Å²) in [5, 5.41) is 9.46. The molecule has 0 bridgehead atoms. The van der Waals surface area contributed by atoms with Crippen LogP contribution in [-0.4, -0.2) is 34.5 Å². The van der Waals surface area contributed by atoms with Gasteiger partial charge in [-0.2, -0.15) is 0 Å². The van der Waals surface area contributed by atoms with Crippen molar-refractivity contribution in [3.05, 3.63) is 0 Å². The maximum absolute atomic E-state index is 12.9. The number of carbonyl (C=O) groups excluding carboxylic acids is 1. The molecular weight excluding hydrogens is 254 g/mol. The maximum Gasteiger partial charge on any atom is 0.326 e. The molecule has 0 aromatic carbocycles. The third-order valence-corrected chi connectivity index (χ3v) is 5.27. The summed E-state index contributed by atoms with van der Waals surface area (Å²) in [6.07, 6.45) is 6.04. The number of aliphatic carboxylic acids is 1. The van der Waals surface area contributed by atoms with Crippen molar-refractivity contribution in [2.24, 2.45) is 17.3 Å². The van der Waals surface area contributed by atoms with Crippen molar-refractivity contribution in [3.8, 4) is 0 Å². The van der Waals surface area contributed by atoms with Crippen LogP contribution in [0, 0.1) is 17.3 Å². The van der Waals surface area contributed by atoms with Gasteiger partial charge in [0, 0.05) is 12.5 Å². The first-order chi connectivity index (χ1) is 9.34. The molecule has 3 unspecified atom stereocenters. The number of likely N-dealkylation sites (tertiary alicyclic amines) is 1. The van der Waals surface area contributed by atoms with Gasteiger partial charge in [-0.15, -0.1) is 0 Å². The zero-order valence-corrected chi connectivity index (χ0v) is 12.9. The van der Waals surface area contributed by atoms with E-state index >= 15 is 0 Å². The third-order valence-electron chi connectivity index (χ3n) is 5.27. The molecule has 2 rings (SSSR count). The number of amides is 1. The van der Waals surface area contributed by atoms with Gasteiger partial charge >= 0.3 is 5.97 Å². The van der Waals surface area contributed by atoms with Crippen molar-refractivity contribution in [2.75, 3.05) is 6.54 Å². The van der Waals surface area contributed by atoms with Gasteiger partial charge in [-0.05, 0) is 37.0 Å². The van der Waals surface area contributed by atoms with Crippen LogP contribution in [0.4, 0.5) is 0 Å². The molecule has 0 aromatic heterocycles. The molecule has 2 aliphatic rings. The van der Waals surface area contributed by atoms with Crippen LogP contribution in [-0.2, 0) is 9.59 Å². The quantitative estimate of drug-likeness (QED) is 0.846. The lowest BCUT2D eigenvalue weighted by molar-refractivity contribution is -0.159. The molecule has 1 aliphatic heterocycles. The lowest BCUT2D eigenvalue weighted by Gasteiger charge is -2.44. The monoisotopic (exact) mass is 281 g/mol. The summed E-state index contributed by atoms with van der Waals surface area (Å²) in [7, 11) is 0. The molecule has 1 aliphatic carbocycles. The Hall–Kier alpha value is -1.06. The average Bonchev–Trinajstić information content (AvgIpc) is 2.36. The Morgan fingerprint density at radius 1 is 1.15 bits per heavy atom. The predicted octanol–water partition coefficient (Wildman–Crippen LogP) is 2.91. The lowest BCUT2D eigenvalue weighted by atomic mass is 9.68. The van der Waals surface area contributed by atoms with E-state index in [4.69, 9.17) is 0 Å². The van der Waals surface area contributed by atoms with Crippen LogP contribution in [0.5, 0.6) is 0 Å². The highest BCUT2D eigenvalue weighted by molar-refractivity contribution is 5.86. The number of carboxylic acids is 1. The molecule has 3 atom stereocenters. The Labute approximate surface area is 121 Å². The van der Waals surface area contributed by atoms with E-state index in [9.17, 15) is 14.7 Å². The topological polar surface area (TPSA) is 57.6 Å². The van der Waals surface area contributed by atoms with Crippen LogP contribution >= 0.6 is 0 Å². The van der Waals surface area contributed by atoms with Crippen molar-refractivity contribution in [3.63, 3.8) is 0 Å². The minimum absolute atomic E-state index is 0.000921. The summed E-state index contributed by atoms with van der Waals surface area (Å²) in [5.41, 5.74) is -0.000921. The molecule has 1 N–H and O–H groups in total. The Bertz CT molecular complexity index is 391. The van der Waals surface area contributed by atoms with Gasteiger partial charge in [-0.1, -0.05) is 33.6 Å². The minimum atomic E-state index is -0.848. The van der Waals surface area contributed by atoms with Crippen molar-refractivity contribution >= 4 is 11.9 Å². The van der Waals surface area contributed by atoms with E-state index in [1.165, 1.54) is 6.42 Å². The fraction of sp³-hybridized carbons (Fsp3) is 0.875. The second kappa shape index (κ2) is 5.74. The van der Waals surface area contributed by atoms with E-state index in [-0.39, 0.29) is 23.2 Å². The lowest BCUT2D eigenvalue weighted by Crippen LogP contribution is -2.55. The van der Waals surface area contributed by atoms with Crippen molar-refractivity contribution < 1.29 is 14.7 Å². The Balaban J connectivity index is 2.19. The zero-order valence-electron chi connectivity index (χ0n) is 12.9. The molecule has 4 heteroatoms. The average molecular weight is 281 g/mol. The second-order valence-electron chi connectivity index (χ2n) is 7.22. The Kier molecular flexibility index (Phi) is 4.40. The predicted molar refractivity (Wildman–Crippen MR) is 77.3 cm³/mol. The van der Waals surface area contributed by atoms with Gasteiger partial charge in [-0.3, -0.25) is 4.79 Å². The molecule has 0 radical (unpaired) electrons. The van der Waals surface area contributed by atoms with Gasteiger partial charge in [0.05, 0.1) is 0 Å². The number of rotatable bonds is 2. The molecule has 4 nitrogen and oxygen atoms in total. The second-order valence-corrected chi connectivity index (χ2v) is 7.22. The number of carbonyl (C=O) groups is 2. The van der Waals surface area contributed by atoms with E-state index in [0.29, 0.717) is 6.54 Å². The Morgan fingerprint density at radius 2 is 1.85 bits per heavy atom. The first-order valence-corrected chi connectivity index (χ1v) is 7.88. The molecule has 1 amide bonds. The summed E-state index contributed by atoms with van der Waals surface area (Å²) in [6.45, 7) is 6.85. The highest BCUT2D eigenvalue weighted by Gasteiger charge is 2.44. The smallest absolute Gasteiger partial charge is 0.326 e. The molecule has 114 valence electrons. The van der Waals surface area contributed by atoms with Crippen LogP contribution in [0.1, 0.15) is 59.3 Å². The van der Waals surface area contributed by atoms with E-state index in [0.717, 1.165) is 32.1 Å². The van der Waals surface area contributed by atoms with Crippen LogP contribution in [0.15, 0.2) is 0 Å². The first-order valence-electron chi connectivity index (χ1n) is 7.88. The molecular formula is C16H27NO3. The van der Waals surface area contributed by atoms with Crippen LogP contribution < -0.4 is 0 Å². The molecule has 1 saturated heterocycles. The van der Waals surface area contributed by atoms with Gasteiger partial charge in [0.1, 0.15) is 6.04 Å². The minimum Gasteiger partial charge on any atom is -0.480 e. The fourth-order valence-electron chi connectivity index (χ4n) is 3.96. The van der Waals surface area contributed by atoms with Crippen molar-refractivity contribution in [2.45, 2.75) is 65.3 Å². The highest BCUT2D eigenvalue weighted by Crippen LogP contribution is 2.42. The molecule has 0 aromatic rings. The number of piperidine rings is 1. The zero-order chi connectivity index (χ0) is 14.9. The summed E-state index contributed by atoms with van der Waals surface area (Å²) < 4.78 is 0. The van der Waals surface area contributed by atoms with E-state index in [2.05, 4.69) is 13.8 Å². The van der Waals surface area contributed by atoms with Crippen LogP contribution in [0.25, 0.3) is 0 Å². The van der Waals surface area contributed by atoms with Gasteiger partial charge in [0.15, 0.2) is 0 Å². The summed E-state index contributed by atoms with van der Waals surface area (Å²) >= 11 is 0. The van der Waals surface area contributed by atoms with Crippen LogP contribution in [0.2, 0.25) is 0 Å². The fourth-order valence-corrected chi connectivity index (χ4v) is 3.96. The van der Waals surface area contributed by atoms with Gasteiger partial charge in [0.2, 0.25) is 5.91 Å². The third kappa shape index (κ3) is 2.84. The van der Waals surface area contributed by atoms with Crippen LogP contribution in [0.3, 0.4) is 0 Å². The maximum atomic E-state index is 12.9. The van der Waals surface area contributed by atoms with Gasteiger partial charge in [-0.25, -0.2) is 4.79 Å². The number of hydrogen-bond acceptors (Lipinski definition) is 2. The SMILES string of the molecule is CC1CCCN(C(=O)C2CCCCC2(C)C)C1C(=O)O. The van der Waals surface area contributed by atoms with Gasteiger partial charge in [0.25, 0.3) is 0 Å². The molecule has 1 heterocycles. The van der Waals surface area contributed by atoms with E-state index in [1.54, 1.807) is 4.90 Å². The first kappa shape index (κ1) is 15.3. The largest absolute Gasteiger partial charge is 0.480 e. The summed E-state index contributed by atoms with van der Waals surface area (Å²) in [4.78, 5) is 26.1. The highest BCUT2D eigenvalue weighted by atomic mass is 16.4. The van der Waals surface area contributed by atoms with E-state index in [1.807, 2.05) is 6.92 Å². The molecule has 2 fully saturated rings. The molecule has 0 spiro atoms. The number of nitrogens with zero attached hydrogens (tertiary/aromatic N) is 1. The summed E-state index contributed by atoms with van der Waals surface area (Å²) in [6, 6.07) is -0.631. The van der Waals surface area contributed by atoms with Gasteiger partial charge < -0.3 is 10.0 Å². The number of carboxylic acid groups (broad SMARTS) is 1. The van der Waals surface area contributed by atoms with E-state index < -0.39 is 12.0 Å². The molecule has 1 saturated carbocycles. The summed E-state index contributed by atoms with van der Waals surface area (Å²) in [5.74, 6) is -0.729.